The Morgan fingerprint density at radius 2 is 1.80 bits per heavy atom. The van der Waals surface area contributed by atoms with Crippen molar-refractivity contribution in [1.82, 2.24) is 5.32 Å². The van der Waals surface area contributed by atoms with Crippen LogP contribution in [0.15, 0.2) is 24.3 Å². The number of carbonyl (C=O) groups excluding carboxylic acids is 2. The molecule has 0 bridgehead atoms. The molecule has 0 aliphatic carbocycles. The van der Waals surface area contributed by atoms with Gasteiger partial charge in [0.25, 0.3) is 0 Å². The summed E-state index contributed by atoms with van der Waals surface area (Å²) >= 11 is 0. The molecule has 0 spiro atoms. The van der Waals surface area contributed by atoms with E-state index < -0.39 is 11.9 Å². The van der Waals surface area contributed by atoms with Crippen molar-refractivity contribution in [2.24, 2.45) is 11.8 Å². The molecule has 136 valence electrons. The van der Waals surface area contributed by atoms with Crippen molar-refractivity contribution >= 4 is 17.7 Å². The Labute approximate surface area is 147 Å². The monoisotopic (exact) mass is 347 g/mol. The minimum atomic E-state index is -0.900. The van der Waals surface area contributed by atoms with E-state index in [0.717, 1.165) is 5.56 Å². The third kappa shape index (κ3) is 5.98. The highest BCUT2D eigenvalue weighted by Gasteiger charge is 2.30. The molecule has 1 fully saturated rings. The average molecular weight is 347 g/mol. The zero-order valence-corrected chi connectivity index (χ0v) is 14.5. The number of nitrogens with one attached hydrogen (secondary N) is 1. The molecule has 1 saturated heterocycles. The molecular weight excluding hydrogens is 322 g/mol. The molecular formula is C19H25NO5. The van der Waals surface area contributed by atoms with Gasteiger partial charge in [0.05, 0.1) is 5.92 Å². The fourth-order valence-corrected chi connectivity index (χ4v) is 3.00. The number of carboxylic acid groups (broad SMARTS) is 1. The van der Waals surface area contributed by atoms with Crippen LogP contribution in [0.2, 0.25) is 0 Å². The van der Waals surface area contributed by atoms with Gasteiger partial charge in [-0.25, -0.2) is 0 Å². The van der Waals surface area contributed by atoms with Crippen molar-refractivity contribution in [3.8, 4) is 0 Å². The molecule has 1 aliphatic rings. The molecule has 6 heteroatoms. The average Bonchev–Trinajstić information content (AvgIpc) is 2.61. The number of amides is 1. The van der Waals surface area contributed by atoms with Crippen LogP contribution in [0.1, 0.15) is 41.6 Å². The SMILES string of the molecule is Cc1ccc(C(=O)CCC(=O)NCC(C(=O)O)C2CCOCC2)cc1. The summed E-state index contributed by atoms with van der Waals surface area (Å²) in [5.74, 6) is -1.88. The van der Waals surface area contributed by atoms with Crippen LogP contribution in [0.3, 0.4) is 0 Å². The first-order valence-electron chi connectivity index (χ1n) is 8.64. The van der Waals surface area contributed by atoms with Gasteiger partial charge in [-0.3, -0.25) is 14.4 Å². The number of ketones is 1. The number of rotatable bonds is 8. The molecule has 1 heterocycles. The number of ether oxygens (including phenoxy) is 1. The van der Waals surface area contributed by atoms with E-state index in [1.54, 1.807) is 12.1 Å². The number of aryl methyl sites for hydroxylation is 1. The van der Waals surface area contributed by atoms with Crippen molar-refractivity contribution in [1.29, 1.82) is 0 Å². The maximum atomic E-state index is 12.1. The second-order valence-electron chi connectivity index (χ2n) is 6.49. The van der Waals surface area contributed by atoms with Gasteiger partial charge in [0.1, 0.15) is 0 Å². The Morgan fingerprint density at radius 1 is 1.16 bits per heavy atom. The Balaban J connectivity index is 1.77. The summed E-state index contributed by atoms with van der Waals surface area (Å²) in [6, 6.07) is 7.22. The van der Waals surface area contributed by atoms with Crippen LogP contribution in [-0.4, -0.2) is 42.5 Å². The maximum absolute atomic E-state index is 12.1. The van der Waals surface area contributed by atoms with Crippen LogP contribution < -0.4 is 5.32 Å². The zero-order valence-electron chi connectivity index (χ0n) is 14.5. The molecule has 1 aliphatic heterocycles. The van der Waals surface area contributed by atoms with Crippen LogP contribution in [0.25, 0.3) is 0 Å². The smallest absolute Gasteiger partial charge is 0.308 e. The van der Waals surface area contributed by atoms with Gasteiger partial charge in [0, 0.05) is 38.2 Å². The summed E-state index contributed by atoms with van der Waals surface area (Å²) in [5.41, 5.74) is 1.66. The molecule has 1 unspecified atom stereocenters. The molecule has 2 N–H and O–H groups in total. The summed E-state index contributed by atoms with van der Waals surface area (Å²) in [7, 11) is 0. The molecule has 0 radical (unpaired) electrons. The summed E-state index contributed by atoms with van der Waals surface area (Å²) in [6.07, 6.45) is 1.56. The number of aliphatic carboxylic acids is 1. The quantitative estimate of drug-likeness (QED) is 0.703. The molecule has 0 saturated carbocycles. The number of carboxylic acids is 1. The van der Waals surface area contributed by atoms with Crippen LogP contribution in [-0.2, 0) is 14.3 Å². The van der Waals surface area contributed by atoms with E-state index >= 15 is 0 Å². The zero-order chi connectivity index (χ0) is 18.2. The third-order valence-corrected chi connectivity index (χ3v) is 4.62. The van der Waals surface area contributed by atoms with Crippen molar-refractivity contribution in [2.75, 3.05) is 19.8 Å². The number of hydrogen-bond acceptors (Lipinski definition) is 4. The topological polar surface area (TPSA) is 92.7 Å². The van der Waals surface area contributed by atoms with Gasteiger partial charge in [-0.1, -0.05) is 29.8 Å². The van der Waals surface area contributed by atoms with E-state index in [4.69, 9.17) is 4.74 Å². The van der Waals surface area contributed by atoms with E-state index in [9.17, 15) is 19.5 Å². The lowest BCUT2D eigenvalue weighted by Gasteiger charge is -2.27. The fourth-order valence-electron chi connectivity index (χ4n) is 3.00. The van der Waals surface area contributed by atoms with Crippen molar-refractivity contribution < 1.29 is 24.2 Å². The van der Waals surface area contributed by atoms with E-state index in [0.29, 0.717) is 31.6 Å². The van der Waals surface area contributed by atoms with E-state index in [2.05, 4.69) is 5.32 Å². The summed E-state index contributed by atoms with van der Waals surface area (Å²) in [4.78, 5) is 35.5. The standard InChI is InChI=1S/C19H25NO5/c1-13-2-4-15(5-3-13)17(21)6-7-18(22)20-12-16(19(23)24)14-8-10-25-11-9-14/h2-5,14,16H,6-12H2,1H3,(H,20,22)(H,23,24). The first-order chi connectivity index (χ1) is 12.0. The number of Topliss-reactive ketones (excluding diaryl/α,β-unsaturated/α-hetero) is 1. The van der Waals surface area contributed by atoms with Crippen LogP contribution >= 0.6 is 0 Å². The van der Waals surface area contributed by atoms with Crippen LogP contribution in [0.4, 0.5) is 0 Å². The summed E-state index contributed by atoms with van der Waals surface area (Å²) in [5, 5.41) is 12.0. The molecule has 6 nitrogen and oxygen atoms in total. The van der Waals surface area contributed by atoms with Gasteiger partial charge < -0.3 is 15.2 Å². The van der Waals surface area contributed by atoms with Crippen LogP contribution in [0, 0.1) is 18.8 Å². The minimum Gasteiger partial charge on any atom is -0.481 e. The second kappa shape index (κ2) is 9.32. The van der Waals surface area contributed by atoms with Crippen molar-refractivity contribution in [3.63, 3.8) is 0 Å². The van der Waals surface area contributed by atoms with E-state index in [-0.39, 0.29) is 37.0 Å². The van der Waals surface area contributed by atoms with Gasteiger partial charge >= 0.3 is 5.97 Å². The molecule has 0 aromatic heterocycles. The first kappa shape index (κ1) is 19.1. The Kier molecular flexibility index (Phi) is 7.13. The number of carbonyl (C=O) groups is 3. The molecule has 1 atom stereocenters. The predicted octanol–water partition coefficient (Wildman–Crippen LogP) is 2.20. The van der Waals surface area contributed by atoms with Gasteiger partial charge in [-0.2, -0.15) is 0 Å². The highest BCUT2D eigenvalue weighted by molar-refractivity contribution is 5.98. The van der Waals surface area contributed by atoms with Gasteiger partial charge in [0.15, 0.2) is 5.78 Å². The molecule has 1 amide bonds. The minimum absolute atomic E-state index is 0.0146. The van der Waals surface area contributed by atoms with Gasteiger partial charge in [-0.15, -0.1) is 0 Å². The lowest BCUT2D eigenvalue weighted by Crippen LogP contribution is -2.39. The van der Waals surface area contributed by atoms with E-state index in [1.807, 2.05) is 19.1 Å². The summed E-state index contributed by atoms with van der Waals surface area (Å²) in [6.45, 7) is 3.16. The Bertz CT molecular complexity index is 605. The second-order valence-corrected chi connectivity index (χ2v) is 6.49. The van der Waals surface area contributed by atoms with Crippen molar-refractivity contribution in [2.45, 2.75) is 32.6 Å². The lowest BCUT2D eigenvalue weighted by molar-refractivity contribution is -0.145. The predicted molar refractivity (Wildman–Crippen MR) is 92.4 cm³/mol. The van der Waals surface area contributed by atoms with Gasteiger partial charge in [-0.05, 0) is 25.7 Å². The molecule has 1 aromatic rings. The highest BCUT2D eigenvalue weighted by Crippen LogP contribution is 2.23. The fraction of sp³-hybridized carbons (Fsp3) is 0.526. The van der Waals surface area contributed by atoms with E-state index in [1.165, 1.54) is 0 Å². The first-order valence-corrected chi connectivity index (χ1v) is 8.64. The molecule has 25 heavy (non-hydrogen) atoms. The molecule has 1 aromatic carbocycles. The lowest BCUT2D eigenvalue weighted by atomic mass is 9.86. The Hall–Kier alpha value is -2.21. The van der Waals surface area contributed by atoms with Crippen LogP contribution in [0.5, 0.6) is 0 Å². The maximum Gasteiger partial charge on any atom is 0.308 e. The Morgan fingerprint density at radius 3 is 2.40 bits per heavy atom. The van der Waals surface area contributed by atoms with Crippen molar-refractivity contribution in [3.05, 3.63) is 35.4 Å². The normalized spacial score (nSPS) is 16.2. The largest absolute Gasteiger partial charge is 0.481 e. The summed E-state index contributed by atoms with van der Waals surface area (Å²) < 4.78 is 5.25. The third-order valence-electron chi connectivity index (χ3n) is 4.62. The number of benzene rings is 1. The number of hydrogen-bond donors (Lipinski definition) is 2. The molecule has 2 rings (SSSR count). The van der Waals surface area contributed by atoms with Gasteiger partial charge in [0.2, 0.25) is 5.91 Å². The highest BCUT2D eigenvalue weighted by atomic mass is 16.5.